The van der Waals surface area contributed by atoms with Gasteiger partial charge in [-0.05, 0) is 55.0 Å². The van der Waals surface area contributed by atoms with Gasteiger partial charge in [-0.2, -0.15) is 18.3 Å². The van der Waals surface area contributed by atoms with Crippen LogP contribution in [-0.4, -0.2) is 14.6 Å². The molecule has 0 amide bonds. The number of hydrogen-bond acceptors (Lipinski definition) is 3. The molecule has 0 spiro atoms. The number of benzene rings is 3. The standard InChI is InChI=1S/C27H19ClF3N3O/c1-17-2-6-20(7-3-17)24-15-26-32-23(14-25(27(29,30)31)34(26)33-24)19-8-12-22(13-9-19)35-16-18-4-10-21(28)11-5-18/h2-15H,16H2,1H3. The molecular weight excluding hydrogens is 475 g/mol. The Hall–Kier alpha value is -3.84. The van der Waals surface area contributed by atoms with E-state index in [0.29, 0.717) is 28.6 Å². The van der Waals surface area contributed by atoms with Crippen LogP contribution in [0.1, 0.15) is 16.8 Å². The summed E-state index contributed by atoms with van der Waals surface area (Å²) in [5, 5.41) is 4.84. The Bertz CT molecular complexity index is 1480. The summed E-state index contributed by atoms with van der Waals surface area (Å²) in [6, 6.07) is 24.1. The molecule has 0 radical (unpaired) electrons. The first-order valence-corrected chi connectivity index (χ1v) is 11.2. The molecule has 3 aromatic carbocycles. The molecule has 2 heterocycles. The van der Waals surface area contributed by atoms with E-state index >= 15 is 0 Å². The van der Waals surface area contributed by atoms with E-state index in [2.05, 4.69) is 10.1 Å². The van der Waals surface area contributed by atoms with E-state index in [-0.39, 0.29) is 11.3 Å². The molecule has 8 heteroatoms. The van der Waals surface area contributed by atoms with Crippen LogP contribution in [0.4, 0.5) is 13.2 Å². The van der Waals surface area contributed by atoms with Gasteiger partial charge in [0.05, 0.1) is 11.4 Å². The van der Waals surface area contributed by atoms with Crippen LogP contribution in [0.3, 0.4) is 0 Å². The normalized spacial score (nSPS) is 11.7. The Morgan fingerprint density at radius 1 is 0.829 bits per heavy atom. The quantitative estimate of drug-likeness (QED) is 0.253. The van der Waals surface area contributed by atoms with Crippen LogP contribution in [-0.2, 0) is 12.8 Å². The lowest BCUT2D eigenvalue weighted by atomic mass is 10.1. The van der Waals surface area contributed by atoms with Crippen molar-refractivity contribution in [3.63, 3.8) is 0 Å². The first-order valence-electron chi connectivity index (χ1n) is 10.8. The number of alkyl halides is 3. The topological polar surface area (TPSA) is 39.4 Å². The molecule has 2 aromatic heterocycles. The predicted molar refractivity (Wildman–Crippen MR) is 129 cm³/mol. The summed E-state index contributed by atoms with van der Waals surface area (Å²) in [4.78, 5) is 4.46. The highest BCUT2D eigenvalue weighted by molar-refractivity contribution is 6.30. The third kappa shape index (κ3) is 5.00. The molecule has 0 unspecified atom stereocenters. The third-order valence-electron chi connectivity index (χ3n) is 5.53. The molecule has 0 saturated heterocycles. The molecule has 0 aliphatic carbocycles. The average molecular weight is 494 g/mol. The molecule has 0 fully saturated rings. The zero-order valence-corrected chi connectivity index (χ0v) is 19.3. The molecule has 0 atom stereocenters. The SMILES string of the molecule is Cc1ccc(-c2cc3nc(-c4ccc(OCc5ccc(Cl)cc5)cc4)cc(C(F)(F)F)n3n2)cc1. The van der Waals surface area contributed by atoms with Gasteiger partial charge in [0.1, 0.15) is 12.4 Å². The van der Waals surface area contributed by atoms with Crippen LogP contribution in [0.25, 0.3) is 28.2 Å². The maximum Gasteiger partial charge on any atom is 0.433 e. The maximum atomic E-state index is 13.9. The Labute approximate surface area is 204 Å². The van der Waals surface area contributed by atoms with Crippen LogP contribution in [0.5, 0.6) is 5.75 Å². The summed E-state index contributed by atoms with van der Waals surface area (Å²) < 4.78 is 48.4. The maximum absolute atomic E-state index is 13.9. The van der Waals surface area contributed by atoms with Gasteiger partial charge in [-0.1, -0.05) is 53.6 Å². The Kier molecular flexibility index (Phi) is 5.94. The highest BCUT2D eigenvalue weighted by atomic mass is 35.5. The zero-order chi connectivity index (χ0) is 24.6. The summed E-state index contributed by atoms with van der Waals surface area (Å²) in [7, 11) is 0. The van der Waals surface area contributed by atoms with Crippen molar-refractivity contribution in [2.45, 2.75) is 19.7 Å². The zero-order valence-electron chi connectivity index (χ0n) is 18.6. The van der Waals surface area contributed by atoms with Crippen molar-refractivity contribution in [1.29, 1.82) is 0 Å². The summed E-state index contributed by atoms with van der Waals surface area (Å²) in [5.41, 5.74) is 3.11. The lowest BCUT2D eigenvalue weighted by Crippen LogP contribution is -2.13. The van der Waals surface area contributed by atoms with Gasteiger partial charge in [0, 0.05) is 22.2 Å². The summed E-state index contributed by atoms with van der Waals surface area (Å²) in [6.07, 6.45) is -4.60. The number of nitrogens with zero attached hydrogens (tertiary/aromatic N) is 3. The molecule has 176 valence electrons. The fourth-order valence-electron chi connectivity index (χ4n) is 3.66. The van der Waals surface area contributed by atoms with E-state index in [4.69, 9.17) is 16.3 Å². The molecule has 0 bridgehead atoms. The predicted octanol–water partition coefficient (Wildman–Crippen LogP) is 7.62. The lowest BCUT2D eigenvalue weighted by molar-refractivity contribution is -0.142. The third-order valence-corrected chi connectivity index (χ3v) is 5.79. The minimum atomic E-state index is -4.60. The van der Waals surface area contributed by atoms with Gasteiger partial charge in [0.25, 0.3) is 0 Å². The molecule has 0 saturated carbocycles. The molecule has 35 heavy (non-hydrogen) atoms. The molecule has 5 aromatic rings. The van der Waals surface area contributed by atoms with Crippen molar-refractivity contribution in [1.82, 2.24) is 14.6 Å². The largest absolute Gasteiger partial charge is 0.489 e. The lowest BCUT2D eigenvalue weighted by Gasteiger charge is -2.11. The molecule has 0 aliphatic rings. The van der Waals surface area contributed by atoms with E-state index in [1.54, 1.807) is 42.5 Å². The first-order chi connectivity index (χ1) is 16.8. The summed E-state index contributed by atoms with van der Waals surface area (Å²) in [5.74, 6) is 0.590. The Morgan fingerprint density at radius 2 is 1.46 bits per heavy atom. The van der Waals surface area contributed by atoms with Crippen molar-refractivity contribution in [2.75, 3.05) is 0 Å². The molecule has 4 nitrogen and oxygen atoms in total. The molecule has 0 aliphatic heterocycles. The van der Waals surface area contributed by atoms with Crippen molar-refractivity contribution < 1.29 is 17.9 Å². The van der Waals surface area contributed by atoms with Gasteiger partial charge in [-0.3, -0.25) is 0 Å². The van der Waals surface area contributed by atoms with Gasteiger partial charge in [0.2, 0.25) is 0 Å². The van der Waals surface area contributed by atoms with Crippen LogP contribution >= 0.6 is 11.6 Å². The second-order valence-corrected chi connectivity index (χ2v) is 8.57. The van der Waals surface area contributed by atoms with Gasteiger partial charge in [-0.15, -0.1) is 0 Å². The minimum absolute atomic E-state index is 0.119. The van der Waals surface area contributed by atoms with Gasteiger partial charge in [0.15, 0.2) is 11.3 Å². The van der Waals surface area contributed by atoms with E-state index in [9.17, 15) is 13.2 Å². The van der Waals surface area contributed by atoms with E-state index < -0.39 is 11.9 Å². The van der Waals surface area contributed by atoms with Crippen molar-refractivity contribution in [3.05, 3.63) is 107 Å². The van der Waals surface area contributed by atoms with Crippen LogP contribution < -0.4 is 4.74 Å². The minimum Gasteiger partial charge on any atom is -0.489 e. The smallest absolute Gasteiger partial charge is 0.433 e. The van der Waals surface area contributed by atoms with Gasteiger partial charge >= 0.3 is 6.18 Å². The van der Waals surface area contributed by atoms with E-state index in [1.807, 2.05) is 43.3 Å². The highest BCUT2D eigenvalue weighted by Gasteiger charge is 2.35. The number of aromatic nitrogens is 3. The number of hydrogen-bond donors (Lipinski definition) is 0. The van der Waals surface area contributed by atoms with Gasteiger partial charge < -0.3 is 4.74 Å². The van der Waals surface area contributed by atoms with Crippen molar-refractivity contribution in [3.8, 4) is 28.3 Å². The number of fused-ring (bicyclic) bond motifs is 1. The molecular formula is C27H19ClF3N3O. The summed E-state index contributed by atoms with van der Waals surface area (Å²) in [6.45, 7) is 2.29. The highest BCUT2D eigenvalue weighted by Crippen LogP contribution is 2.34. The Morgan fingerprint density at radius 3 is 2.11 bits per heavy atom. The fourth-order valence-corrected chi connectivity index (χ4v) is 3.78. The van der Waals surface area contributed by atoms with Crippen molar-refractivity contribution in [2.24, 2.45) is 0 Å². The van der Waals surface area contributed by atoms with Crippen LogP contribution in [0, 0.1) is 6.92 Å². The fraction of sp³-hybridized carbons (Fsp3) is 0.111. The van der Waals surface area contributed by atoms with Crippen LogP contribution in [0.15, 0.2) is 84.9 Å². The first kappa shape index (κ1) is 22.9. The van der Waals surface area contributed by atoms with Crippen molar-refractivity contribution >= 4 is 17.2 Å². The number of aryl methyl sites for hydroxylation is 1. The second kappa shape index (κ2) is 9.07. The number of rotatable bonds is 5. The number of ether oxygens (including phenoxy) is 1. The number of halogens is 4. The van der Waals surface area contributed by atoms with Crippen LogP contribution in [0.2, 0.25) is 5.02 Å². The second-order valence-electron chi connectivity index (χ2n) is 8.13. The molecule has 5 rings (SSSR count). The summed E-state index contributed by atoms with van der Waals surface area (Å²) >= 11 is 5.90. The van der Waals surface area contributed by atoms with E-state index in [0.717, 1.165) is 27.3 Å². The Balaban J connectivity index is 1.46. The van der Waals surface area contributed by atoms with E-state index in [1.165, 1.54) is 0 Å². The molecule has 0 N–H and O–H groups in total. The van der Waals surface area contributed by atoms with Gasteiger partial charge in [-0.25, -0.2) is 9.50 Å². The average Bonchev–Trinajstić information content (AvgIpc) is 3.27. The monoisotopic (exact) mass is 493 g/mol.